The lowest BCUT2D eigenvalue weighted by atomic mass is 10.2. The van der Waals surface area contributed by atoms with Crippen molar-refractivity contribution in [2.24, 2.45) is 4.99 Å². The molecule has 2 aromatic rings. The molecule has 0 bridgehead atoms. The number of rotatable bonds is 7. The predicted octanol–water partition coefficient (Wildman–Crippen LogP) is 3.37. The van der Waals surface area contributed by atoms with Gasteiger partial charge in [-0.3, -0.25) is 4.99 Å². The second-order valence-electron chi connectivity index (χ2n) is 7.70. The van der Waals surface area contributed by atoms with Crippen LogP contribution in [0.5, 0.6) is 5.75 Å². The molecule has 31 heavy (non-hydrogen) atoms. The van der Waals surface area contributed by atoms with Gasteiger partial charge in [-0.2, -0.15) is 0 Å². The Morgan fingerprint density at radius 2 is 2.16 bits per heavy atom. The standard InChI is InChI=1S/C23H33N5O2.HI/c1-17-6-5-7-21(12-17)30-18(2)13-26-23(24-4)27-15-20-8-9-22(25-14-20)28-10-11-29-19(3)16-28;/h5-9,12,14,18-19H,10-11,13,15-16H2,1-4H3,(H2,24,26,27);1H. The van der Waals surface area contributed by atoms with Crippen molar-refractivity contribution in [2.45, 2.75) is 39.5 Å². The summed E-state index contributed by atoms with van der Waals surface area (Å²) in [5.74, 6) is 2.62. The van der Waals surface area contributed by atoms with Crippen LogP contribution in [-0.2, 0) is 11.3 Å². The molecule has 1 fully saturated rings. The fourth-order valence-corrected chi connectivity index (χ4v) is 3.34. The molecule has 0 amide bonds. The van der Waals surface area contributed by atoms with Crippen molar-refractivity contribution in [3.8, 4) is 5.75 Å². The summed E-state index contributed by atoms with van der Waals surface area (Å²) in [6, 6.07) is 12.3. The van der Waals surface area contributed by atoms with E-state index in [1.54, 1.807) is 7.05 Å². The molecule has 2 heterocycles. The summed E-state index contributed by atoms with van der Waals surface area (Å²) < 4.78 is 11.6. The Hall–Kier alpha value is -2.07. The fraction of sp³-hybridized carbons (Fsp3) is 0.478. The molecular weight excluding hydrogens is 505 g/mol. The molecule has 0 aliphatic carbocycles. The second-order valence-corrected chi connectivity index (χ2v) is 7.70. The number of aliphatic imine (C=N–C) groups is 1. The molecule has 0 saturated carbocycles. The Kier molecular flexibility index (Phi) is 10.3. The number of anilines is 1. The number of morpholine rings is 1. The lowest BCUT2D eigenvalue weighted by molar-refractivity contribution is 0.0529. The number of aryl methyl sites for hydroxylation is 1. The smallest absolute Gasteiger partial charge is 0.191 e. The van der Waals surface area contributed by atoms with Gasteiger partial charge in [-0.25, -0.2) is 4.98 Å². The Morgan fingerprint density at radius 1 is 1.32 bits per heavy atom. The minimum atomic E-state index is 0. The van der Waals surface area contributed by atoms with Crippen LogP contribution in [0.4, 0.5) is 5.82 Å². The molecule has 2 atom stereocenters. The zero-order valence-electron chi connectivity index (χ0n) is 18.8. The number of pyridine rings is 1. The summed E-state index contributed by atoms with van der Waals surface area (Å²) >= 11 is 0. The topological polar surface area (TPSA) is 71.0 Å². The molecule has 8 heteroatoms. The maximum atomic E-state index is 5.96. The number of ether oxygens (including phenoxy) is 2. The van der Waals surface area contributed by atoms with Crippen molar-refractivity contribution in [1.82, 2.24) is 15.6 Å². The van der Waals surface area contributed by atoms with Gasteiger partial charge in [0.25, 0.3) is 0 Å². The van der Waals surface area contributed by atoms with E-state index in [2.05, 4.69) is 57.6 Å². The zero-order chi connectivity index (χ0) is 21.3. The van der Waals surface area contributed by atoms with Crippen LogP contribution in [0.25, 0.3) is 0 Å². The molecule has 1 aromatic carbocycles. The monoisotopic (exact) mass is 539 g/mol. The maximum Gasteiger partial charge on any atom is 0.191 e. The van der Waals surface area contributed by atoms with Crippen molar-refractivity contribution in [3.63, 3.8) is 0 Å². The van der Waals surface area contributed by atoms with Crippen molar-refractivity contribution < 1.29 is 9.47 Å². The lowest BCUT2D eigenvalue weighted by Crippen LogP contribution is -2.42. The molecule has 0 spiro atoms. The summed E-state index contributed by atoms with van der Waals surface area (Å²) in [6.45, 7) is 10.0. The highest BCUT2D eigenvalue weighted by molar-refractivity contribution is 14.0. The predicted molar refractivity (Wildman–Crippen MR) is 137 cm³/mol. The third-order valence-corrected chi connectivity index (χ3v) is 4.94. The number of hydrogen-bond acceptors (Lipinski definition) is 5. The second kappa shape index (κ2) is 12.7. The van der Waals surface area contributed by atoms with Gasteiger partial charge in [-0.05, 0) is 50.1 Å². The normalized spacial score (nSPS) is 17.5. The van der Waals surface area contributed by atoms with E-state index in [1.807, 2.05) is 31.3 Å². The van der Waals surface area contributed by atoms with Gasteiger partial charge in [0, 0.05) is 32.9 Å². The van der Waals surface area contributed by atoms with Crippen LogP contribution in [0.1, 0.15) is 25.0 Å². The van der Waals surface area contributed by atoms with E-state index in [1.165, 1.54) is 5.56 Å². The number of hydrogen-bond donors (Lipinski definition) is 2. The van der Waals surface area contributed by atoms with Crippen LogP contribution in [-0.4, -0.2) is 56.4 Å². The average Bonchev–Trinajstić information content (AvgIpc) is 2.74. The Balaban J connectivity index is 0.00000341. The summed E-state index contributed by atoms with van der Waals surface area (Å²) in [7, 11) is 1.77. The van der Waals surface area contributed by atoms with Crippen molar-refractivity contribution in [3.05, 3.63) is 53.7 Å². The van der Waals surface area contributed by atoms with Gasteiger partial charge in [0.15, 0.2) is 5.96 Å². The highest BCUT2D eigenvalue weighted by Crippen LogP contribution is 2.16. The van der Waals surface area contributed by atoms with Crippen LogP contribution in [0.15, 0.2) is 47.6 Å². The van der Waals surface area contributed by atoms with Crippen LogP contribution >= 0.6 is 24.0 Å². The first-order valence-electron chi connectivity index (χ1n) is 10.5. The highest BCUT2D eigenvalue weighted by Gasteiger charge is 2.17. The molecule has 7 nitrogen and oxygen atoms in total. The quantitative estimate of drug-likeness (QED) is 0.320. The summed E-state index contributed by atoms with van der Waals surface area (Å²) in [6.07, 6.45) is 2.18. The molecule has 3 rings (SSSR count). The number of aromatic nitrogens is 1. The first-order valence-corrected chi connectivity index (χ1v) is 10.5. The number of guanidine groups is 1. The minimum absolute atomic E-state index is 0. The summed E-state index contributed by atoms with van der Waals surface area (Å²) in [4.78, 5) is 11.2. The van der Waals surface area contributed by atoms with Gasteiger partial charge in [-0.15, -0.1) is 24.0 Å². The van der Waals surface area contributed by atoms with Gasteiger partial charge in [-0.1, -0.05) is 18.2 Å². The van der Waals surface area contributed by atoms with Crippen LogP contribution < -0.4 is 20.3 Å². The molecule has 170 valence electrons. The van der Waals surface area contributed by atoms with E-state index in [4.69, 9.17) is 9.47 Å². The van der Waals surface area contributed by atoms with E-state index in [-0.39, 0.29) is 36.2 Å². The van der Waals surface area contributed by atoms with Gasteiger partial charge in [0.05, 0.1) is 19.3 Å². The van der Waals surface area contributed by atoms with Crippen molar-refractivity contribution >= 4 is 35.8 Å². The van der Waals surface area contributed by atoms with E-state index in [0.717, 1.165) is 42.8 Å². The Bertz CT molecular complexity index is 831. The molecular formula is C23H34IN5O2. The number of nitrogens with zero attached hydrogens (tertiary/aromatic N) is 3. The maximum absolute atomic E-state index is 5.96. The fourth-order valence-electron chi connectivity index (χ4n) is 3.34. The van der Waals surface area contributed by atoms with Crippen molar-refractivity contribution in [1.29, 1.82) is 0 Å². The Labute approximate surface area is 202 Å². The van der Waals surface area contributed by atoms with Crippen LogP contribution in [0.2, 0.25) is 0 Å². The third-order valence-electron chi connectivity index (χ3n) is 4.94. The molecule has 1 aliphatic rings. The SMILES string of the molecule is CN=C(NCc1ccc(N2CCOC(C)C2)nc1)NCC(C)Oc1cccc(C)c1.I. The molecule has 1 aliphatic heterocycles. The molecule has 2 unspecified atom stereocenters. The van der Waals surface area contributed by atoms with E-state index < -0.39 is 0 Å². The Morgan fingerprint density at radius 3 is 2.84 bits per heavy atom. The van der Waals surface area contributed by atoms with E-state index >= 15 is 0 Å². The average molecular weight is 539 g/mol. The third kappa shape index (κ3) is 8.17. The number of nitrogens with one attached hydrogen (secondary N) is 2. The molecule has 2 N–H and O–H groups in total. The van der Waals surface area contributed by atoms with E-state index in [0.29, 0.717) is 13.1 Å². The molecule has 1 saturated heterocycles. The highest BCUT2D eigenvalue weighted by atomic mass is 127. The van der Waals surface area contributed by atoms with Gasteiger partial charge in [0.1, 0.15) is 17.7 Å². The molecule has 1 aromatic heterocycles. The van der Waals surface area contributed by atoms with Crippen LogP contribution in [0.3, 0.4) is 0 Å². The minimum Gasteiger partial charge on any atom is -0.489 e. The van der Waals surface area contributed by atoms with Gasteiger partial charge in [0.2, 0.25) is 0 Å². The van der Waals surface area contributed by atoms with Crippen LogP contribution in [0, 0.1) is 6.92 Å². The van der Waals surface area contributed by atoms with Crippen molar-refractivity contribution in [2.75, 3.05) is 38.2 Å². The largest absolute Gasteiger partial charge is 0.489 e. The lowest BCUT2D eigenvalue weighted by Gasteiger charge is -2.32. The number of benzene rings is 1. The van der Waals surface area contributed by atoms with E-state index in [9.17, 15) is 0 Å². The van der Waals surface area contributed by atoms with Gasteiger partial charge < -0.3 is 25.0 Å². The molecule has 0 radical (unpaired) electrons. The first-order chi connectivity index (χ1) is 14.5. The summed E-state index contributed by atoms with van der Waals surface area (Å²) in [5, 5.41) is 6.64. The van der Waals surface area contributed by atoms with Gasteiger partial charge >= 0.3 is 0 Å². The first kappa shape index (κ1) is 25.2. The number of halogens is 1. The zero-order valence-corrected chi connectivity index (χ0v) is 21.1. The summed E-state index contributed by atoms with van der Waals surface area (Å²) in [5.41, 5.74) is 2.29.